The standard InChI is InChI=1S/C16H21NO3/c1-11-13(7-8-19-11)17(2)10-14(18)16-9-12-5-3-4-6-15(12)20-16/h3-6,9,11,13-14,18H,7-8,10H2,1-2H3. The smallest absolute Gasteiger partial charge is 0.135 e. The van der Waals surface area contributed by atoms with Gasteiger partial charge in [-0.2, -0.15) is 0 Å². The van der Waals surface area contributed by atoms with E-state index >= 15 is 0 Å². The van der Waals surface area contributed by atoms with Crippen molar-refractivity contribution >= 4 is 11.0 Å². The fourth-order valence-electron chi connectivity index (χ4n) is 2.96. The maximum Gasteiger partial charge on any atom is 0.135 e. The van der Waals surface area contributed by atoms with Crippen LogP contribution in [-0.2, 0) is 4.74 Å². The zero-order chi connectivity index (χ0) is 14.1. The summed E-state index contributed by atoms with van der Waals surface area (Å²) in [6.07, 6.45) is 0.632. The molecular formula is C16H21NO3. The van der Waals surface area contributed by atoms with E-state index in [2.05, 4.69) is 11.8 Å². The molecule has 1 saturated heterocycles. The second kappa shape index (κ2) is 5.56. The number of aliphatic hydroxyl groups is 1. The molecule has 0 spiro atoms. The number of hydrogen-bond acceptors (Lipinski definition) is 4. The molecule has 0 saturated carbocycles. The van der Waals surface area contributed by atoms with Crippen LogP contribution in [0.25, 0.3) is 11.0 Å². The predicted octanol–water partition coefficient (Wildman–Crippen LogP) is 2.58. The van der Waals surface area contributed by atoms with Crippen molar-refractivity contribution in [1.29, 1.82) is 0 Å². The molecule has 1 aromatic heterocycles. The topological polar surface area (TPSA) is 45.8 Å². The third kappa shape index (κ3) is 2.59. The Balaban J connectivity index is 1.70. The van der Waals surface area contributed by atoms with Crippen molar-refractivity contribution in [2.24, 2.45) is 0 Å². The van der Waals surface area contributed by atoms with E-state index in [0.29, 0.717) is 18.3 Å². The van der Waals surface area contributed by atoms with Gasteiger partial charge in [0.25, 0.3) is 0 Å². The first-order chi connectivity index (χ1) is 9.65. The molecule has 4 heteroatoms. The summed E-state index contributed by atoms with van der Waals surface area (Å²) in [5.74, 6) is 0.629. The molecule has 3 atom stereocenters. The molecule has 0 radical (unpaired) electrons. The van der Waals surface area contributed by atoms with Gasteiger partial charge in [0.2, 0.25) is 0 Å². The van der Waals surface area contributed by atoms with Gasteiger partial charge in [0.05, 0.1) is 6.10 Å². The molecule has 3 rings (SSSR count). The minimum Gasteiger partial charge on any atom is -0.458 e. The molecule has 1 N–H and O–H groups in total. The zero-order valence-electron chi connectivity index (χ0n) is 12.0. The first kappa shape index (κ1) is 13.6. The lowest BCUT2D eigenvalue weighted by Gasteiger charge is -2.27. The third-order valence-corrected chi connectivity index (χ3v) is 4.14. The largest absolute Gasteiger partial charge is 0.458 e. The molecule has 1 aliphatic heterocycles. The Morgan fingerprint density at radius 2 is 2.20 bits per heavy atom. The van der Waals surface area contributed by atoms with Gasteiger partial charge < -0.3 is 14.3 Å². The van der Waals surface area contributed by atoms with Crippen LogP contribution in [0.1, 0.15) is 25.2 Å². The van der Waals surface area contributed by atoms with Crippen molar-refractivity contribution in [3.63, 3.8) is 0 Å². The van der Waals surface area contributed by atoms with Crippen molar-refractivity contribution in [3.8, 4) is 0 Å². The number of fused-ring (bicyclic) bond motifs is 1. The van der Waals surface area contributed by atoms with Gasteiger partial charge in [-0.05, 0) is 32.5 Å². The Bertz CT molecular complexity index is 547. The van der Waals surface area contributed by atoms with Gasteiger partial charge >= 0.3 is 0 Å². The summed E-state index contributed by atoms with van der Waals surface area (Å²) < 4.78 is 11.3. The van der Waals surface area contributed by atoms with Gasteiger partial charge in [-0.15, -0.1) is 0 Å². The summed E-state index contributed by atoms with van der Waals surface area (Å²) in [6, 6.07) is 10.1. The highest BCUT2D eigenvalue weighted by molar-refractivity contribution is 5.77. The molecule has 0 bridgehead atoms. The number of rotatable bonds is 4. The molecule has 108 valence electrons. The monoisotopic (exact) mass is 275 g/mol. The van der Waals surface area contributed by atoms with Crippen LogP contribution >= 0.6 is 0 Å². The van der Waals surface area contributed by atoms with Gasteiger partial charge in [0.15, 0.2) is 0 Å². The lowest BCUT2D eigenvalue weighted by Crippen LogP contribution is -2.39. The first-order valence-corrected chi connectivity index (χ1v) is 7.13. The highest BCUT2D eigenvalue weighted by atomic mass is 16.5. The van der Waals surface area contributed by atoms with Crippen LogP contribution in [0.5, 0.6) is 0 Å². The quantitative estimate of drug-likeness (QED) is 0.931. The highest BCUT2D eigenvalue weighted by Crippen LogP contribution is 2.26. The summed E-state index contributed by atoms with van der Waals surface area (Å²) in [5, 5.41) is 11.4. The fraction of sp³-hybridized carbons (Fsp3) is 0.500. The molecule has 20 heavy (non-hydrogen) atoms. The van der Waals surface area contributed by atoms with Crippen molar-refractivity contribution in [3.05, 3.63) is 36.1 Å². The van der Waals surface area contributed by atoms with Crippen LogP contribution in [0.2, 0.25) is 0 Å². The molecule has 0 amide bonds. The van der Waals surface area contributed by atoms with Crippen LogP contribution < -0.4 is 0 Å². The van der Waals surface area contributed by atoms with E-state index in [0.717, 1.165) is 24.0 Å². The minimum absolute atomic E-state index is 0.225. The number of aliphatic hydroxyl groups excluding tert-OH is 1. The third-order valence-electron chi connectivity index (χ3n) is 4.14. The minimum atomic E-state index is -0.611. The number of ether oxygens (including phenoxy) is 1. The Labute approximate surface area is 118 Å². The SMILES string of the molecule is CC1OCCC1N(C)CC(O)c1cc2ccccc2o1. The van der Waals surface area contributed by atoms with Crippen LogP contribution in [0.3, 0.4) is 0 Å². The van der Waals surface area contributed by atoms with E-state index in [4.69, 9.17) is 9.15 Å². The molecule has 1 aliphatic rings. The molecule has 3 unspecified atom stereocenters. The van der Waals surface area contributed by atoms with Crippen LogP contribution in [0.4, 0.5) is 0 Å². The Morgan fingerprint density at radius 1 is 1.40 bits per heavy atom. The molecule has 4 nitrogen and oxygen atoms in total. The average molecular weight is 275 g/mol. The summed E-state index contributed by atoms with van der Waals surface area (Å²) in [7, 11) is 2.03. The van der Waals surface area contributed by atoms with Crippen molar-refractivity contribution in [1.82, 2.24) is 4.90 Å². The lowest BCUT2D eigenvalue weighted by molar-refractivity contribution is 0.0517. The summed E-state index contributed by atoms with van der Waals surface area (Å²) in [5.41, 5.74) is 0.821. The summed E-state index contributed by atoms with van der Waals surface area (Å²) in [6.45, 7) is 3.44. The second-order valence-corrected chi connectivity index (χ2v) is 5.57. The average Bonchev–Trinajstić information content (AvgIpc) is 3.04. The molecule has 2 heterocycles. The number of nitrogens with zero attached hydrogens (tertiary/aromatic N) is 1. The van der Waals surface area contributed by atoms with Crippen molar-refractivity contribution in [2.75, 3.05) is 20.2 Å². The van der Waals surface area contributed by atoms with E-state index in [9.17, 15) is 5.11 Å². The van der Waals surface area contributed by atoms with E-state index in [1.165, 1.54) is 0 Å². The molecule has 1 fully saturated rings. The van der Waals surface area contributed by atoms with Gasteiger partial charge in [0.1, 0.15) is 17.4 Å². The second-order valence-electron chi connectivity index (χ2n) is 5.57. The van der Waals surface area contributed by atoms with Gasteiger partial charge in [0, 0.05) is 24.6 Å². The van der Waals surface area contributed by atoms with Crippen LogP contribution in [0, 0.1) is 0 Å². The molecule has 2 aromatic rings. The number of likely N-dealkylation sites (N-methyl/N-ethyl adjacent to an activating group) is 1. The van der Waals surface area contributed by atoms with E-state index in [1.807, 2.05) is 37.4 Å². The summed E-state index contributed by atoms with van der Waals surface area (Å²) in [4.78, 5) is 2.16. The Morgan fingerprint density at radius 3 is 2.90 bits per heavy atom. The van der Waals surface area contributed by atoms with Gasteiger partial charge in [-0.1, -0.05) is 18.2 Å². The summed E-state index contributed by atoms with van der Waals surface area (Å²) >= 11 is 0. The fourth-order valence-corrected chi connectivity index (χ4v) is 2.96. The van der Waals surface area contributed by atoms with Crippen LogP contribution in [0.15, 0.2) is 34.7 Å². The van der Waals surface area contributed by atoms with Crippen LogP contribution in [-0.4, -0.2) is 42.4 Å². The Kier molecular flexibility index (Phi) is 3.78. The lowest BCUT2D eigenvalue weighted by atomic mass is 10.1. The first-order valence-electron chi connectivity index (χ1n) is 7.13. The molecular weight excluding hydrogens is 254 g/mol. The van der Waals surface area contributed by atoms with E-state index in [1.54, 1.807) is 0 Å². The van der Waals surface area contributed by atoms with E-state index in [-0.39, 0.29) is 6.10 Å². The number of hydrogen-bond donors (Lipinski definition) is 1. The van der Waals surface area contributed by atoms with Gasteiger partial charge in [-0.25, -0.2) is 0 Å². The highest BCUT2D eigenvalue weighted by Gasteiger charge is 2.29. The zero-order valence-corrected chi connectivity index (χ0v) is 12.0. The number of benzene rings is 1. The number of para-hydroxylation sites is 1. The van der Waals surface area contributed by atoms with E-state index < -0.39 is 6.10 Å². The van der Waals surface area contributed by atoms with Crippen molar-refractivity contribution < 1.29 is 14.3 Å². The number of furan rings is 1. The maximum atomic E-state index is 10.4. The maximum absolute atomic E-state index is 10.4. The predicted molar refractivity (Wildman–Crippen MR) is 77.6 cm³/mol. The molecule has 0 aliphatic carbocycles. The Hall–Kier alpha value is -1.36. The molecule has 1 aromatic carbocycles. The van der Waals surface area contributed by atoms with Crippen molar-refractivity contribution in [2.45, 2.75) is 31.6 Å². The van der Waals surface area contributed by atoms with Gasteiger partial charge in [-0.3, -0.25) is 4.90 Å². The normalized spacial score (nSPS) is 24.6.